The second-order valence-corrected chi connectivity index (χ2v) is 17.4. The van der Waals surface area contributed by atoms with Crippen LogP contribution in [0, 0.1) is 0 Å². The number of benzene rings is 2. The van der Waals surface area contributed by atoms with Crippen molar-refractivity contribution in [3.63, 3.8) is 0 Å². The van der Waals surface area contributed by atoms with E-state index in [4.69, 9.17) is 27.6 Å². The number of amides is 1. The first-order chi connectivity index (χ1) is 15.7. The van der Waals surface area contributed by atoms with Gasteiger partial charge in [-0.3, -0.25) is 4.79 Å². The first kappa shape index (κ1) is 25.8. The van der Waals surface area contributed by atoms with Gasteiger partial charge in [0.05, 0.1) is 11.7 Å². The number of hydrogen-bond acceptors (Lipinski definition) is 3. The predicted molar refractivity (Wildman–Crippen MR) is 145 cm³/mol. The lowest BCUT2D eigenvalue weighted by Gasteiger charge is -2.38. The average molecular weight is 583 g/mol. The standard InChI is InChI=1S/C26H30BrCl2NO3Si/c1-25(2,3)34(4,5)33-21-14-26(13-16-6-8-18(27)9-7-16)23(31)22(24(32)30(26)15-21)17-10-19(28)12-20(29)11-17/h6-12,21,31H,13-15H2,1-5H3. The number of rotatable bonds is 5. The number of fused-ring (bicyclic) bond motifs is 1. The number of aliphatic hydroxyl groups excluding tert-OH is 1. The third-order valence-electron chi connectivity index (χ3n) is 7.43. The van der Waals surface area contributed by atoms with Gasteiger partial charge < -0.3 is 14.4 Å². The molecule has 182 valence electrons. The Bertz CT molecular complexity index is 1140. The molecule has 1 saturated heterocycles. The van der Waals surface area contributed by atoms with Crippen molar-refractivity contribution in [2.24, 2.45) is 0 Å². The second-order valence-electron chi connectivity index (χ2n) is 10.8. The molecule has 8 heteroatoms. The molecule has 2 aliphatic heterocycles. The van der Waals surface area contributed by atoms with E-state index in [9.17, 15) is 9.90 Å². The molecule has 1 fully saturated rings. The minimum absolute atomic E-state index is 0.0451. The topological polar surface area (TPSA) is 49.8 Å². The van der Waals surface area contributed by atoms with Crippen molar-refractivity contribution in [1.29, 1.82) is 0 Å². The van der Waals surface area contributed by atoms with Crippen LogP contribution in [0.15, 0.2) is 52.7 Å². The van der Waals surface area contributed by atoms with E-state index in [1.54, 1.807) is 23.1 Å². The molecule has 2 heterocycles. The molecule has 0 bridgehead atoms. The fourth-order valence-electron chi connectivity index (χ4n) is 4.72. The van der Waals surface area contributed by atoms with Gasteiger partial charge in [0.25, 0.3) is 5.91 Å². The smallest absolute Gasteiger partial charge is 0.258 e. The zero-order valence-corrected chi connectivity index (χ0v) is 24.2. The molecule has 4 rings (SSSR count). The van der Waals surface area contributed by atoms with Gasteiger partial charge in [0.1, 0.15) is 11.3 Å². The molecule has 2 aromatic carbocycles. The van der Waals surface area contributed by atoms with Crippen LogP contribution in [0.1, 0.15) is 38.3 Å². The Labute approximate surface area is 221 Å². The van der Waals surface area contributed by atoms with Gasteiger partial charge in [-0.05, 0) is 59.6 Å². The molecule has 34 heavy (non-hydrogen) atoms. The van der Waals surface area contributed by atoms with Gasteiger partial charge in [-0.1, -0.05) is 72.0 Å². The Morgan fingerprint density at radius 1 is 1.15 bits per heavy atom. The number of carbonyl (C=O) groups excluding carboxylic acids is 1. The highest BCUT2D eigenvalue weighted by molar-refractivity contribution is 9.10. The first-order valence-electron chi connectivity index (χ1n) is 11.4. The Morgan fingerprint density at radius 3 is 2.29 bits per heavy atom. The Kier molecular flexibility index (Phi) is 6.80. The van der Waals surface area contributed by atoms with Gasteiger partial charge in [0.2, 0.25) is 0 Å². The summed E-state index contributed by atoms with van der Waals surface area (Å²) >= 11 is 15.9. The quantitative estimate of drug-likeness (QED) is 0.368. The van der Waals surface area contributed by atoms with Crippen molar-refractivity contribution in [2.45, 2.75) is 63.4 Å². The molecule has 0 aromatic heterocycles. The molecular weight excluding hydrogens is 553 g/mol. The van der Waals surface area contributed by atoms with Crippen LogP contribution in [0.5, 0.6) is 0 Å². The second kappa shape index (κ2) is 8.97. The average Bonchev–Trinajstić information content (AvgIpc) is 3.14. The highest BCUT2D eigenvalue weighted by Gasteiger charge is 2.59. The van der Waals surface area contributed by atoms with Crippen molar-refractivity contribution < 1.29 is 14.3 Å². The van der Waals surface area contributed by atoms with E-state index in [0.29, 0.717) is 35.0 Å². The van der Waals surface area contributed by atoms with Gasteiger partial charge in [-0.15, -0.1) is 0 Å². The maximum atomic E-state index is 13.7. The van der Waals surface area contributed by atoms with Gasteiger partial charge in [0, 0.05) is 33.9 Å². The summed E-state index contributed by atoms with van der Waals surface area (Å²) in [6, 6.07) is 13.0. The summed E-state index contributed by atoms with van der Waals surface area (Å²) in [6.45, 7) is 11.5. The van der Waals surface area contributed by atoms with Gasteiger partial charge in [-0.2, -0.15) is 0 Å². The van der Waals surface area contributed by atoms with Gasteiger partial charge in [-0.25, -0.2) is 0 Å². The molecule has 2 aliphatic rings. The van der Waals surface area contributed by atoms with Crippen LogP contribution >= 0.6 is 39.1 Å². The zero-order valence-electron chi connectivity index (χ0n) is 20.1. The summed E-state index contributed by atoms with van der Waals surface area (Å²) in [5.41, 5.74) is 0.965. The van der Waals surface area contributed by atoms with Crippen molar-refractivity contribution in [1.82, 2.24) is 4.90 Å². The van der Waals surface area contributed by atoms with E-state index in [1.807, 2.05) is 24.3 Å². The largest absolute Gasteiger partial charge is 0.509 e. The van der Waals surface area contributed by atoms with Crippen LogP contribution in [0.3, 0.4) is 0 Å². The third-order valence-corrected chi connectivity index (χ3v) is 12.9. The van der Waals surface area contributed by atoms with Crippen LogP contribution < -0.4 is 0 Å². The van der Waals surface area contributed by atoms with E-state index < -0.39 is 13.9 Å². The Hall–Kier alpha value is -1.31. The third kappa shape index (κ3) is 4.60. The number of hydrogen-bond donors (Lipinski definition) is 1. The fourth-order valence-corrected chi connectivity index (χ4v) is 6.86. The normalized spacial score (nSPS) is 23.1. The lowest BCUT2D eigenvalue weighted by Crippen LogP contribution is -2.45. The summed E-state index contributed by atoms with van der Waals surface area (Å²) in [6.07, 6.45) is 0.879. The molecule has 0 spiro atoms. The molecule has 2 unspecified atom stereocenters. The molecule has 2 aromatic rings. The molecule has 4 nitrogen and oxygen atoms in total. The lowest BCUT2D eigenvalue weighted by molar-refractivity contribution is -0.126. The number of carbonyl (C=O) groups is 1. The van der Waals surface area contributed by atoms with Crippen LogP contribution in [-0.4, -0.2) is 42.4 Å². The molecule has 2 atom stereocenters. The highest BCUT2D eigenvalue weighted by atomic mass is 79.9. The number of halogens is 3. The summed E-state index contributed by atoms with van der Waals surface area (Å²) < 4.78 is 7.70. The minimum Gasteiger partial charge on any atom is -0.509 e. The van der Waals surface area contributed by atoms with Crippen LogP contribution in [-0.2, 0) is 15.6 Å². The number of aliphatic hydroxyl groups is 1. The zero-order chi connectivity index (χ0) is 25.1. The van der Waals surface area contributed by atoms with E-state index in [2.05, 4.69) is 49.8 Å². The van der Waals surface area contributed by atoms with Crippen molar-refractivity contribution in [2.75, 3.05) is 6.54 Å². The van der Waals surface area contributed by atoms with Crippen LogP contribution in [0.2, 0.25) is 28.2 Å². The van der Waals surface area contributed by atoms with E-state index in [0.717, 1.165) is 10.0 Å². The Morgan fingerprint density at radius 2 is 1.74 bits per heavy atom. The van der Waals surface area contributed by atoms with Crippen molar-refractivity contribution in [3.8, 4) is 0 Å². The van der Waals surface area contributed by atoms with Crippen molar-refractivity contribution in [3.05, 3.63) is 73.9 Å². The summed E-state index contributed by atoms with van der Waals surface area (Å²) in [5.74, 6) is -0.144. The first-order valence-corrected chi connectivity index (χ1v) is 15.8. The number of nitrogens with zero attached hydrogens (tertiary/aromatic N) is 1. The SMILES string of the molecule is CC(C)(C)[Si](C)(C)OC1CN2C(=O)C(c3cc(Cl)cc(Cl)c3)=C(O)C2(Cc2ccc(Br)cc2)C1. The summed E-state index contributed by atoms with van der Waals surface area (Å²) in [5, 5.41) is 12.6. The molecular formula is C26H30BrCl2NO3Si. The lowest BCUT2D eigenvalue weighted by atomic mass is 9.85. The minimum atomic E-state index is -2.07. The monoisotopic (exact) mass is 581 g/mol. The maximum Gasteiger partial charge on any atom is 0.258 e. The summed E-state index contributed by atoms with van der Waals surface area (Å²) in [4.78, 5) is 15.5. The van der Waals surface area contributed by atoms with Crippen LogP contribution in [0.25, 0.3) is 5.57 Å². The highest BCUT2D eigenvalue weighted by Crippen LogP contribution is 2.50. The van der Waals surface area contributed by atoms with Crippen LogP contribution in [0.4, 0.5) is 0 Å². The Balaban J connectivity index is 1.78. The van der Waals surface area contributed by atoms with E-state index >= 15 is 0 Å². The van der Waals surface area contributed by atoms with E-state index in [1.165, 1.54) is 0 Å². The molecule has 1 N–H and O–H groups in total. The maximum absolute atomic E-state index is 13.7. The van der Waals surface area contributed by atoms with Gasteiger partial charge in [0.15, 0.2) is 8.32 Å². The van der Waals surface area contributed by atoms with E-state index in [-0.39, 0.29) is 28.4 Å². The van der Waals surface area contributed by atoms with Gasteiger partial charge >= 0.3 is 0 Å². The molecule has 1 amide bonds. The molecule has 0 aliphatic carbocycles. The predicted octanol–water partition coefficient (Wildman–Crippen LogP) is 7.64. The van der Waals surface area contributed by atoms with Crippen molar-refractivity contribution >= 4 is 58.9 Å². The fraction of sp³-hybridized carbons (Fsp3) is 0.423. The molecule has 0 radical (unpaired) electrons. The molecule has 0 saturated carbocycles. The summed E-state index contributed by atoms with van der Waals surface area (Å²) in [7, 11) is -2.07.